The van der Waals surface area contributed by atoms with Gasteiger partial charge in [0.25, 0.3) is 0 Å². The molecular weight excluding hydrogens is 468 g/mol. The number of hydrogen-bond acceptors (Lipinski definition) is 5. The van der Waals surface area contributed by atoms with Crippen LogP contribution >= 0.6 is 27.7 Å². The van der Waals surface area contributed by atoms with Crippen LogP contribution in [-0.2, 0) is 9.59 Å². The van der Waals surface area contributed by atoms with E-state index in [1.165, 1.54) is 16.7 Å². The molecule has 9 heteroatoms. The van der Waals surface area contributed by atoms with Gasteiger partial charge >= 0.3 is 0 Å². The highest BCUT2D eigenvalue weighted by Crippen LogP contribution is 2.23. The molecule has 2 amide bonds. The Hall–Kier alpha value is -2.78. The number of halogens is 1. The van der Waals surface area contributed by atoms with E-state index in [4.69, 9.17) is 4.74 Å². The molecule has 3 rings (SSSR count). The summed E-state index contributed by atoms with van der Waals surface area (Å²) in [6, 6.07) is 14.9. The summed E-state index contributed by atoms with van der Waals surface area (Å²) in [7, 11) is 3.16. The second-order valence-corrected chi connectivity index (χ2v) is 8.31. The number of likely N-dealkylation sites (N-methyl/N-ethyl adjacent to an activating group) is 1. The van der Waals surface area contributed by atoms with Crippen molar-refractivity contribution in [3.8, 4) is 17.0 Å². The van der Waals surface area contributed by atoms with Crippen molar-refractivity contribution < 1.29 is 14.3 Å². The molecule has 1 aromatic heterocycles. The first-order valence-corrected chi connectivity index (χ1v) is 10.8. The molecule has 156 valence electrons. The lowest BCUT2D eigenvalue weighted by molar-refractivity contribution is -0.131. The van der Waals surface area contributed by atoms with Crippen molar-refractivity contribution in [2.75, 3.05) is 31.8 Å². The molecule has 3 aromatic rings. The highest BCUT2D eigenvalue weighted by molar-refractivity contribution is 9.10. The molecule has 0 radical (unpaired) electrons. The van der Waals surface area contributed by atoms with Gasteiger partial charge in [-0.25, -0.2) is 4.98 Å². The van der Waals surface area contributed by atoms with Gasteiger partial charge in [0.1, 0.15) is 5.75 Å². The number of carbonyl (C=O) groups excluding carboxylic acids is 2. The van der Waals surface area contributed by atoms with Crippen LogP contribution in [0.3, 0.4) is 0 Å². The number of benzene rings is 2. The number of anilines is 1. The number of rotatable bonds is 8. The lowest BCUT2D eigenvalue weighted by atomic mass is 10.2. The second-order valence-electron chi connectivity index (χ2n) is 6.43. The van der Waals surface area contributed by atoms with Gasteiger partial charge in [-0.15, -0.1) is 0 Å². The largest absolute Gasteiger partial charge is 0.497 e. The van der Waals surface area contributed by atoms with Crippen molar-refractivity contribution in [3.63, 3.8) is 0 Å². The third-order valence-corrected chi connectivity index (χ3v) is 5.60. The Morgan fingerprint density at radius 3 is 2.73 bits per heavy atom. The molecule has 2 aromatic carbocycles. The number of carbonyl (C=O) groups is 2. The van der Waals surface area contributed by atoms with Gasteiger partial charge < -0.3 is 19.9 Å². The molecule has 0 saturated carbocycles. The van der Waals surface area contributed by atoms with Crippen molar-refractivity contribution in [3.05, 3.63) is 59.2 Å². The maximum Gasteiger partial charge on any atom is 0.243 e. The van der Waals surface area contributed by atoms with Crippen molar-refractivity contribution in [2.24, 2.45) is 0 Å². The first kappa shape index (κ1) is 21.9. The van der Waals surface area contributed by atoms with Crippen LogP contribution in [0.2, 0.25) is 0 Å². The normalized spacial score (nSPS) is 10.5. The smallest absolute Gasteiger partial charge is 0.243 e. The number of nitrogens with zero attached hydrogens (tertiary/aromatic N) is 2. The number of aromatic nitrogens is 2. The van der Waals surface area contributed by atoms with Gasteiger partial charge in [0.05, 0.1) is 31.3 Å². The molecule has 0 aliphatic heterocycles. The van der Waals surface area contributed by atoms with Gasteiger partial charge in [-0.1, -0.05) is 45.9 Å². The molecule has 0 bridgehead atoms. The van der Waals surface area contributed by atoms with Gasteiger partial charge in [-0.2, -0.15) is 0 Å². The Labute approximate surface area is 187 Å². The van der Waals surface area contributed by atoms with E-state index in [0.29, 0.717) is 16.6 Å². The Kier molecular flexibility index (Phi) is 7.53. The third-order valence-electron chi connectivity index (χ3n) is 4.20. The first-order chi connectivity index (χ1) is 14.4. The second kappa shape index (κ2) is 10.3. The summed E-state index contributed by atoms with van der Waals surface area (Å²) >= 11 is 4.71. The van der Waals surface area contributed by atoms with Crippen LogP contribution in [0.15, 0.2) is 64.4 Å². The Balaban J connectivity index is 1.48. The molecule has 0 unspecified atom stereocenters. The number of ether oxygens (including phenoxy) is 1. The van der Waals surface area contributed by atoms with Crippen molar-refractivity contribution in [1.82, 2.24) is 14.9 Å². The topological polar surface area (TPSA) is 87.3 Å². The standard InChI is InChI=1S/C21H21BrN4O3S/c1-26(12-19(27)24-16-4-3-5-17(10-16)29-2)20(28)13-30-21-23-11-18(25-21)14-6-8-15(22)9-7-14/h3-11H,12-13H2,1-2H3,(H,23,25)(H,24,27). The molecule has 2 N–H and O–H groups in total. The Morgan fingerprint density at radius 1 is 1.23 bits per heavy atom. The van der Waals surface area contributed by atoms with E-state index in [2.05, 4.69) is 31.2 Å². The molecular formula is C21H21BrN4O3S. The van der Waals surface area contributed by atoms with Gasteiger partial charge in [-0.3, -0.25) is 9.59 Å². The molecule has 0 fully saturated rings. The molecule has 0 aliphatic carbocycles. The molecule has 0 spiro atoms. The van der Waals surface area contributed by atoms with Crippen LogP contribution in [0.5, 0.6) is 5.75 Å². The lowest BCUT2D eigenvalue weighted by Gasteiger charge is -2.16. The van der Waals surface area contributed by atoms with E-state index in [9.17, 15) is 9.59 Å². The van der Waals surface area contributed by atoms with Crippen LogP contribution in [0, 0.1) is 0 Å². The molecule has 30 heavy (non-hydrogen) atoms. The molecule has 0 aliphatic rings. The number of nitrogens with one attached hydrogen (secondary N) is 2. The molecule has 0 saturated heterocycles. The summed E-state index contributed by atoms with van der Waals surface area (Å²) in [5, 5.41) is 3.41. The molecule has 0 atom stereocenters. The minimum atomic E-state index is -0.278. The minimum absolute atomic E-state index is 0.0428. The predicted molar refractivity (Wildman–Crippen MR) is 122 cm³/mol. The maximum absolute atomic E-state index is 12.4. The average Bonchev–Trinajstić information content (AvgIpc) is 3.21. The Morgan fingerprint density at radius 2 is 2.00 bits per heavy atom. The van der Waals surface area contributed by atoms with Crippen molar-refractivity contribution in [1.29, 1.82) is 0 Å². The number of H-pyrrole nitrogens is 1. The van der Waals surface area contributed by atoms with E-state index in [-0.39, 0.29) is 24.1 Å². The summed E-state index contributed by atoms with van der Waals surface area (Å²) in [6.45, 7) is -0.0428. The van der Waals surface area contributed by atoms with Crippen LogP contribution in [-0.4, -0.2) is 53.1 Å². The van der Waals surface area contributed by atoms with E-state index < -0.39 is 0 Å². The summed E-state index contributed by atoms with van der Waals surface area (Å²) < 4.78 is 6.14. The van der Waals surface area contributed by atoms with E-state index in [0.717, 1.165) is 15.7 Å². The summed E-state index contributed by atoms with van der Waals surface area (Å²) in [5.41, 5.74) is 2.50. The van der Waals surface area contributed by atoms with E-state index >= 15 is 0 Å². The zero-order chi connectivity index (χ0) is 21.5. The number of imidazole rings is 1. The first-order valence-electron chi connectivity index (χ1n) is 9.06. The van der Waals surface area contributed by atoms with Crippen LogP contribution < -0.4 is 10.1 Å². The van der Waals surface area contributed by atoms with E-state index in [1.54, 1.807) is 44.6 Å². The number of amides is 2. The van der Waals surface area contributed by atoms with E-state index in [1.807, 2.05) is 24.3 Å². The molecule has 7 nitrogen and oxygen atoms in total. The fourth-order valence-electron chi connectivity index (χ4n) is 2.60. The fourth-order valence-corrected chi connectivity index (χ4v) is 3.65. The SMILES string of the molecule is COc1cccc(NC(=O)CN(C)C(=O)CSc2ncc(-c3ccc(Br)cc3)[nH]2)c1. The van der Waals surface area contributed by atoms with Crippen LogP contribution in [0.1, 0.15) is 0 Å². The van der Waals surface area contributed by atoms with Crippen LogP contribution in [0.25, 0.3) is 11.3 Å². The highest BCUT2D eigenvalue weighted by Gasteiger charge is 2.15. The zero-order valence-corrected chi connectivity index (χ0v) is 18.9. The summed E-state index contributed by atoms with van der Waals surface area (Å²) in [5.74, 6) is 0.382. The fraction of sp³-hybridized carbons (Fsp3) is 0.190. The summed E-state index contributed by atoms with van der Waals surface area (Å²) in [6.07, 6.45) is 1.74. The van der Waals surface area contributed by atoms with Crippen molar-refractivity contribution in [2.45, 2.75) is 5.16 Å². The van der Waals surface area contributed by atoms with Gasteiger partial charge in [0.2, 0.25) is 11.8 Å². The van der Waals surface area contributed by atoms with Gasteiger partial charge in [-0.05, 0) is 29.8 Å². The van der Waals surface area contributed by atoms with Gasteiger partial charge in [0, 0.05) is 23.3 Å². The maximum atomic E-state index is 12.4. The zero-order valence-electron chi connectivity index (χ0n) is 16.5. The van der Waals surface area contributed by atoms with Gasteiger partial charge in [0.15, 0.2) is 5.16 Å². The monoisotopic (exact) mass is 488 g/mol. The third kappa shape index (κ3) is 6.11. The minimum Gasteiger partial charge on any atom is -0.497 e. The number of hydrogen-bond donors (Lipinski definition) is 2. The summed E-state index contributed by atoms with van der Waals surface area (Å²) in [4.78, 5) is 33.5. The lowest BCUT2D eigenvalue weighted by Crippen LogP contribution is -2.35. The quantitative estimate of drug-likeness (QED) is 0.467. The predicted octanol–water partition coefficient (Wildman–Crippen LogP) is 4.04. The highest BCUT2D eigenvalue weighted by atomic mass is 79.9. The average molecular weight is 489 g/mol. The molecule has 1 heterocycles. The Bertz CT molecular complexity index is 1020. The van der Waals surface area contributed by atoms with Crippen molar-refractivity contribution >= 4 is 45.2 Å². The number of aromatic amines is 1. The number of thioether (sulfide) groups is 1. The van der Waals surface area contributed by atoms with Crippen LogP contribution in [0.4, 0.5) is 5.69 Å². The number of methoxy groups -OCH3 is 1.